The molecule has 0 saturated heterocycles. The molecule has 1 N–H and O–H groups in total. The van der Waals surface area contributed by atoms with Gasteiger partial charge in [-0.1, -0.05) is 18.2 Å². The minimum Gasteiger partial charge on any atom is -0.390 e. The lowest BCUT2D eigenvalue weighted by Crippen LogP contribution is -2.25. The molecule has 0 spiro atoms. The smallest absolute Gasteiger partial charge is 0.0657 e. The summed E-state index contributed by atoms with van der Waals surface area (Å²) in [6.07, 6.45) is 4.72. The lowest BCUT2D eigenvalue weighted by atomic mass is 9.85. The van der Waals surface area contributed by atoms with E-state index in [-0.39, 0.29) is 0 Å². The molecule has 0 amide bonds. The summed E-state index contributed by atoms with van der Waals surface area (Å²) in [6.45, 7) is 7.78. The second-order valence-corrected chi connectivity index (χ2v) is 3.71. The Kier molecular flexibility index (Phi) is 2.19. The maximum Gasteiger partial charge on any atom is 0.0657 e. The monoisotopic (exact) mass is 152 g/mol. The van der Waals surface area contributed by atoms with Crippen LogP contribution in [0.1, 0.15) is 33.1 Å². The van der Waals surface area contributed by atoms with E-state index in [4.69, 9.17) is 0 Å². The molecule has 0 heterocycles. The Morgan fingerprint density at radius 2 is 2.36 bits per heavy atom. The van der Waals surface area contributed by atoms with Crippen molar-refractivity contribution < 1.29 is 5.11 Å². The summed E-state index contributed by atoms with van der Waals surface area (Å²) < 4.78 is 0. The molecule has 1 nitrogen and oxygen atoms in total. The zero-order valence-corrected chi connectivity index (χ0v) is 7.35. The second kappa shape index (κ2) is 2.82. The van der Waals surface area contributed by atoms with Crippen LogP contribution in [0.3, 0.4) is 0 Å². The molecule has 1 rings (SSSR count). The maximum atomic E-state index is 9.60. The summed E-state index contributed by atoms with van der Waals surface area (Å²) in [7, 11) is 0. The minimum absolute atomic E-state index is 0.473. The predicted molar refractivity (Wildman–Crippen MR) is 47.4 cm³/mol. The van der Waals surface area contributed by atoms with Gasteiger partial charge >= 0.3 is 0 Å². The highest BCUT2D eigenvalue weighted by atomic mass is 16.3. The summed E-state index contributed by atoms with van der Waals surface area (Å²) in [6, 6.07) is 0. The summed E-state index contributed by atoms with van der Waals surface area (Å²) in [4.78, 5) is 0. The van der Waals surface area contributed by atoms with E-state index in [1.54, 1.807) is 0 Å². The Bertz CT molecular complexity index is 199. The van der Waals surface area contributed by atoms with Gasteiger partial charge in [-0.3, -0.25) is 0 Å². The average Bonchev–Trinajstić information content (AvgIpc) is 1.86. The topological polar surface area (TPSA) is 20.2 Å². The molecule has 11 heavy (non-hydrogen) atoms. The average molecular weight is 152 g/mol. The zero-order valence-electron chi connectivity index (χ0n) is 7.35. The Hall–Kier alpha value is -0.560. The molecule has 0 saturated carbocycles. The van der Waals surface area contributed by atoms with Crippen LogP contribution in [-0.4, -0.2) is 10.7 Å². The van der Waals surface area contributed by atoms with Gasteiger partial charge in [0.2, 0.25) is 0 Å². The lowest BCUT2D eigenvalue weighted by molar-refractivity contribution is 0.0498. The molecule has 0 aromatic rings. The first kappa shape index (κ1) is 8.54. The molecule has 0 fully saturated rings. The Balaban J connectivity index is 2.65. The summed E-state index contributed by atoms with van der Waals surface area (Å²) in [5.41, 5.74) is 1.98. The van der Waals surface area contributed by atoms with Crippen LogP contribution in [0.25, 0.3) is 0 Å². The maximum absolute atomic E-state index is 9.60. The van der Waals surface area contributed by atoms with Crippen LogP contribution in [0.15, 0.2) is 23.8 Å². The zero-order chi connectivity index (χ0) is 8.48. The molecule has 0 aliphatic heterocycles. The Morgan fingerprint density at radius 1 is 1.73 bits per heavy atom. The van der Waals surface area contributed by atoms with Crippen molar-refractivity contribution in [1.29, 1.82) is 0 Å². The molecule has 1 aliphatic carbocycles. The largest absolute Gasteiger partial charge is 0.390 e. The molecule has 0 radical (unpaired) electrons. The number of allylic oxidation sites excluding steroid dienone is 2. The summed E-state index contributed by atoms with van der Waals surface area (Å²) in [5, 5.41) is 9.60. The van der Waals surface area contributed by atoms with Gasteiger partial charge in [-0.2, -0.15) is 0 Å². The van der Waals surface area contributed by atoms with Gasteiger partial charge in [0, 0.05) is 0 Å². The van der Waals surface area contributed by atoms with E-state index < -0.39 is 5.60 Å². The molecule has 0 bridgehead atoms. The summed E-state index contributed by atoms with van der Waals surface area (Å²) >= 11 is 0. The highest BCUT2D eigenvalue weighted by molar-refractivity contribution is 5.28. The fourth-order valence-electron chi connectivity index (χ4n) is 1.34. The van der Waals surface area contributed by atoms with Crippen molar-refractivity contribution in [2.45, 2.75) is 38.7 Å². The van der Waals surface area contributed by atoms with E-state index in [0.717, 1.165) is 24.8 Å². The second-order valence-electron chi connectivity index (χ2n) is 3.71. The number of hydrogen-bond acceptors (Lipinski definition) is 1. The van der Waals surface area contributed by atoms with Crippen LogP contribution in [0, 0.1) is 0 Å². The van der Waals surface area contributed by atoms with Crippen molar-refractivity contribution in [3.63, 3.8) is 0 Å². The SMILES string of the molecule is C=C(C)C1=CC[C@](C)(O)CC1. The van der Waals surface area contributed by atoms with E-state index in [1.165, 1.54) is 5.57 Å². The Labute approximate surface area is 68.4 Å². The van der Waals surface area contributed by atoms with Gasteiger partial charge in [-0.25, -0.2) is 0 Å². The van der Waals surface area contributed by atoms with Gasteiger partial charge in [-0.15, -0.1) is 0 Å². The summed E-state index contributed by atoms with van der Waals surface area (Å²) in [5.74, 6) is 0. The normalized spacial score (nSPS) is 31.4. The first-order valence-corrected chi connectivity index (χ1v) is 4.08. The highest BCUT2D eigenvalue weighted by Crippen LogP contribution is 2.29. The first-order chi connectivity index (χ1) is 5.01. The van der Waals surface area contributed by atoms with Crippen molar-refractivity contribution in [1.82, 2.24) is 0 Å². The van der Waals surface area contributed by atoms with Gasteiger partial charge in [0.05, 0.1) is 5.60 Å². The molecule has 1 heteroatoms. The fourth-order valence-corrected chi connectivity index (χ4v) is 1.34. The predicted octanol–water partition coefficient (Wildman–Crippen LogP) is 2.42. The molecular formula is C10H16O. The van der Waals surface area contributed by atoms with Crippen LogP contribution in [0.4, 0.5) is 0 Å². The highest BCUT2D eigenvalue weighted by Gasteiger charge is 2.23. The molecule has 0 unspecified atom stereocenters. The van der Waals surface area contributed by atoms with Gasteiger partial charge in [0.15, 0.2) is 0 Å². The van der Waals surface area contributed by atoms with Crippen molar-refractivity contribution in [3.8, 4) is 0 Å². The van der Waals surface area contributed by atoms with Crippen molar-refractivity contribution in [2.24, 2.45) is 0 Å². The van der Waals surface area contributed by atoms with E-state index in [2.05, 4.69) is 12.7 Å². The number of hydrogen-bond donors (Lipinski definition) is 1. The first-order valence-electron chi connectivity index (χ1n) is 4.08. The third-order valence-corrected chi connectivity index (χ3v) is 2.27. The number of rotatable bonds is 1. The molecule has 1 aliphatic rings. The van der Waals surface area contributed by atoms with Gasteiger partial charge < -0.3 is 5.11 Å². The van der Waals surface area contributed by atoms with Crippen LogP contribution in [-0.2, 0) is 0 Å². The van der Waals surface area contributed by atoms with E-state index in [1.807, 2.05) is 13.8 Å². The molecule has 0 aromatic carbocycles. The van der Waals surface area contributed by atoms with Crippen LogP contribution in [0.2, 0.25) is 0 Å². The molecule has 1 atom stereocenters. The van der Waals surface area contributed by atoms with E-state index in [0.29, 0.717) is 0 Å². The number of aliphatic hydroxyl groups is 1. The quantitative estimate of drug-likeness (QED) is 0.611. The fraction of sp³-hybridized carbons (Fsp3) is 0.600. The third kappa shape index (κ3) is 2.19. The van der Waals surface area contributed by atoms with Crippen LogP contribution in [0.5, 0.6) is 0 Å². The standard InChI is InChI=1S/C10H16O/c1-8(2)9-4-6-10(3,11)7-5-9/h4,11H,1,5-7H2,2-3H3/t10-/m0/s1. The molecular weight excluding hydrogens is 136 g/mol. The lowest BCUT2D eigenvalue weighted by Gasteiger charge is -2.27. The van der Waals surface area contributed by atoms with Crippen molar-refractivity contribution >= 4 is 0 Å². The molecule has 0 aromatic heterocycles. The Morgan fingerprint density at radius 3 is 2.73 bits per heavy atom. The minimum atomic E-state index is -0.473. The van der Waals surface area contributed by atoms with Crippen molar-refractivity contribution in [3.05, 3.63) is 23.8 Å². The third-order valence-electron chi connectivity index (χ3n) is 2.27. The van der Waals surface area contributed by atoms with E-state index in [9.17, 15) is 5.11 Å². The van der Waals surface area contributed by atoms with Crippen molar-refractivity contribution in [2.75, 3.05) is 0 Å². The van der Waals surface area contributed by atoms with Gasteiger partial charge in [0.25, 0.3) is 0 Å². The van der Waals surface area contributed by atoms with Crippen LogP contribution >= 0.6 is 0 Å². The van der Waals surface area contributed by atoms with Gasteiger partial charge in [-0.05, 0) is 38.7 Å². The van der Waals surface area contributed by atoms with E-state index >= 15 is 0 Å². The molecule has 62 valence electrons. The van der Waals surface area contributed by atoms with Crippen LogP contribution < -0.4 is 0 Å². The van der Waals surface area contributed by atoms with Gasteiger partial charge in [0.1, 0.15) is 0 Å².